The minimum atomic E-state index is -0.453. The number of hydrogen-bond donors (Lipinski definition) is 1. The highest BCUT2D eigenvalue weighted by Gasteiger charge is 2.35. The van der Waals surface area contributed by atoms with Crippen LogP contribution in [-0.4, -0.2) is 13.7 Å². The van der Waals surface area contributed by atoms with Crippen molar-refractivity contribution < 1.29 is 4.39 Å². The Balaban J connectivity index is 1.91. The number of rotatable bonds is 2. The molecule has 6 rings (SSSR count). The van der Waals surface area contributed by atoms with Gasteiger partial charge in [0.15, 0.2) is 0 Å². The lowest BCUT2D eigenvalue weighted by Gasteiger charge is -2.32. The lowest BCUT2D eigenvalue weighted by molar-refractivity contribution is 0.630. The number of nitrogens with one attached hydrogen (secondary N) is 1. The highest BCUT2D eigenvalue weighted by Crippen LogP contribution is 2.46. The quantitative estimate of drug-likeness (QED) is 0.388. The van der Waals surface area contributed by atoms with Gasteiger partial charge < -0.3 is 9.88 Å². The summed E-state index contributed by atoms with van der Waals surface area (Å²) in [5, 5.41) is 3.96. The zero-order chi connectivity index (χ0) is 25.3. The first-order valence-corrected chi connectivity index (χ1v) is 11.8. The fourth-order valence-corrected chi connectivity index (χ4v) is 5.33. The molecule has 2 aromatic heterocycles. The van der Waals surface area contributed by atoms with Crippen molar-refractivity contribution in [2.75, 3.05) is 5.32 Å². The molecule has 1 aliphatic rings. The van der Waals surface area contributed by atoms with E-state index in [4.69, 9.17) is 0 Å². The van der Waals surface area contributed by atoms with Crippen LogP contribution in [0.25, 0.3) is 27.8 Å². The van der Waals surface area contributed by atoms with Crippen LogP contribution in [-0.2, 0) is 14.1 Å². The maximum atomic E-state index is 15.4. The molecule has 1 aliphatic heterocycles. The molecule has 0 fully saturated rings. The average molecular weight is 481 g/mol. The summed E-state index contributed by atoms with van der Waals surface area (Å²) in [4.78, 5) is 26.8. The van der Waals surface area contributed by atoms with Gasteiger partial charge in [0.25, 0.3) is 5.56 Å². The third-order valence-electron chi connectivity index (χ3n) is 7.30. The Morgan fingerprint density at radius 1 is 0.861 bits per heavy atom. The molecule has 7 heteroatoms. The van der Waals surface area contributed by atoms with E-state index in [0.29, 0.717) is 22.2 Å². The molecule has 1 unspecified atom stereocenters. The number of nitrogens with zero attached hydrogens (tertiary/aromatic N) is 3. The smallest absolute Gasteiger partial charge is 0.331 e. The van der Waals surface area contributed by atoms with Crippen molar-refractivity contribution in [3.05, 3.63) is 116 Å². The number of halogens is 1. The third-order valence-corrected chi connectivity index (χ3v) is 7.30. The van der Waals surface area contributed by atoms with Gasteiger partial charge in [-0.15, -0.1) is 0 Å². The van der Waals surface area contributed by atoms with Crippen LogP contribution >= 0.6 is 0 Å². The molecule has 1 N–H and O–H groups in total. The molecule has 3 aromatic carbocycles. The van der Waals surface area contributed by atoms with Crippen LogP contribution in [0.5, 0.6) is 0 Å². The maximum absolute atomic E-state index is 15.4. The SMILES string of the molecule is Cc1cc2c(cc1C)-n1c(-c3ccccc3F)c3c(=O)n(C)c(=O)n(C)c3c1C(c1ccccc1)N2. The van der Waals surface area contributed by atoms with Crippen molar-refractivity contribution in [2.24, 2.45) is 14.1 Å². The molecule has 3 heterocycles. The molecule has 180 valence electrons. The second-order valence-electron chi connectivity index (χ2n) is 9.42. The standard InChI is InChI=1S/C29H25FN4O2/c1-16-14-21-22(15-17(16)2)34-25(19-12-8-9-13-20(19)30)23-26(32(3)29(36)33(4)28(23)35)27(34)24(31-21)18-10-6-5-7-11-18/h5-15,24,31H,1-4H3. The molecule has 0 saturated heterocycles. The van der Waals surface area contributed by atoms with E-state index in [0.717, 1.165) is 38.3 Å². The summed E-state index contributed by atoms with van der Waals surface area (Å²) in [7, 11) is 3.12. The van der Waals surface area contributed by atoms with Gasteiger partial charge in [0.05, 0.1) is 39.7 Å². The minimum absolute atomic E-state index is 0.308. The Kier molecular flexibility index (Phi) is 4.80. The summed E-state index contributed by atoms with van der Waals surface area (Å²) in [6, 6.07) is 20.1. The molecule has 5 aromatic rings. The second kappa shape index (κ2) is 7.81. The third kappa shape index (κ3) is 2.95. The Hall–Kier alpha value is -4.39. The van der Waals surface area contributed by atoms with Crippen LogP contribution in [0, 0.1) is 19.7 Å². The van der Waals surface area contributed by atoms with Crippen molar-refractivity contribution in [3.63, 3.8) is 0 Å². The number of hydrogen-bond acceptors (Lipinski definition) is 3. The van der Waals surface area contributed by atoms with Crippen LogP contribution in [0.4, 0.5) is 10.1 Å². The summed E-state index contributed by atoms with van der Waals surface area (Å²) in [5.41, 5.74) is 5.92. The van der Waals surface area contributed by atoms with E-state index < -0.39 is 17.1 Å². The van der Waals surface area contributed by atoms with Gasteiger partial charge in [0, 0.05) is 19.7 Å². The summed E-state index contributed by atoms with van der Waals surface area (Å²) >= 11 is 0. The van der Waals surface area contributed by atoms with Gasteiger partial charge in [-0.25, -0.2) is 9.18 Å². The lowest BCUT2D eigenvalue weighted by Crippen LogP contribution is -2.37. The molecule has 6 nitrogen and oxygen atoms in total. The first-order chi connectivity index (χ1) is 17.3. The number of benzene rings is 3. The zero-order valence-electron chi connectivity index (χ0n) is 20.5. The predicted octanol–water partition coefficient (Wildman–Crippen LogP) is 4.97. The van der Waals surface area contributed by atoms with Crippen LogP contribution in [0.3, 0.4) is 0 Å². The summed E-state index contributed by atoms with van der Waals surface area (Å²) < 4.78 is 20.0. The van der Waals surface area contributed by atoms with Crippen molar-refractivity contribution in [1.29, 1.82) is 0 Å². The Morgan fingerprint density at radius 3 is 2.25 bits per heavy atom. The molecule has 0 amide bonds. The van der Waals surface area contributed by atoms with E-state index in [-0.39, 0.29) is 6.04 Å². The Morgan fingerprint density at radius 2 is 1.53 bits per heavy atom. The van der Waals surface area contributed by atoms with Crippen LogP contribution in [0.1, 0.15) is 28.4 Å². The lowest BCUT2D eigenvalue weighted by atomic mass is 9.98. The summed E-state index contributed by atoms with van der Waals surface area (Å²) in [6.45, 7) is 4.08. The topological polar surface area (TPSA) is 61.0 Å². The highest BCUT2D eigenvalue weighted by molar-refractivity contribution is 5.99. The fourth-order valence-electron chi connectivity index (χ4n) is 5.33. The number of fused-ring (bicyclic) bond motifs is 5. The van der Waals surface area contributed by atoms with Crippen LogP contribution < -0.4 is 16.6 Å². The second-order valence-corrected chi connectivity index (χ2v) is 9.42. The van der Waals surface area contributed by atoms with Gasteiger partial charge in [-0.3, -0.25) is 13.9 Å². The predicted molar refractivity (Wildman–Crippen MR) is 141 cm³/mol. The molecule has 0 aliphatic carbocycles. The average Bonchev–Trinajstić information content (AvgIpc) is 3.24. The molecule has 0 bridgehead atoms. The first kappa shape index (κ1) is 22.1. The van der Waals surface area contributed by atoms with Gasteiger partial charge in [0.2, 0.25) is 0 Å². The Labute approximate surface area is 206 Å². The van der Waals surface area contributed by atoms with Gasteiger partial charge in [-0.05, 0) is 54.8 Å². The summed E-state index contributed by atoms with van der Waals surface area (Å²) in [5.74, 6) is -0.434. The van der Waals surface area contributed by atoms with Gasteiger partial charge >= 0.3 is 5.69 Å². The largest absolute Gasteiger partial charge is 0.371 e. The van der Waals surface area contributed by atoms with E-state index in [1.807, 2.05) is 54.8 Å². The van der Waals surface area contributed by atoms with E-state index in [1.54, 1.807) is 25.2 Å². The van der Waals surface area contributed by atoms with Crippen molar-refractivity contribution in [3.8, 4) is 16.9 Å². The molecule has 0 radical (unpaired) electrons. The molecular formula is C29H25FN4O2. The number of anilines is 1. The van der Waals surface area contributed by atoms with Gasteiger partial charge in [-0.2, -0.15) is 0 Å². The maximum Gasteiger partial charge on any atom is 0.331 e. The van der Waals surface area contributed by atoms with Crippen LogP contribution in [0.15, 0.2) is 76.3 Å². The van der Waals surface area contributed by atoms with Gasteiger partial charge in [0.1, 0.15) is 5.82 Å². The van der Waals surface area contributed by atoms with E-state index in [2.05, 4.69) is 11.4 Å². The molecular weight excluding hydrogens is 455 g/mol. The van der Waals surface area contributed by atoms with Crippen molar-refractivity contribution >= 4 is 16.6 Å². The zero-order valence-corrected chi connectivity index (χ0v) is 20.5. The monoisotopic (exact) mass is 480 g/mol. The van der Waals surface area contributed by atoms with E-state index in [1.165, 1.54) is 17.7 Å². The number of aryl methyl sites for hydroxylation is 3. The molecule has 36 heavy (non-hydrogen) atoms. The fraction of sp³-hybridized carbons (Fsp3) is 0.172. The Bertz CT molecular complexity index is 1810. The van der Waals surface area contributed by atoms with Gasteiger partial charge in [-0.1, -0.05) is 42.5 Å². The molecule has 1 atom stereocenters. The van der Waals surface area contributed by atoms with Crippen molar-refractivity contribution in [1.82, 2.24) is 13.7 Å². The minimum Gasteiger partial charge on any atom is -0.371 e. The van der Waals surface area contributed by atoms with Crippen molar-refractivity contribution in [2.45, 2.75) is 19.9 Å². The molecule has 0 spiro atoms. The molecule has 0 saturated carbocycles. The van der Waals surface area contributed by atoms with Crippen LogP contribution in [0.2, 0.25) is 0 Å². The van der Waals surface area contributed by atoms with E-state index >= 15 is 4.39 Å². The number of aromatic nitrogens is 3. The summed E-state index contributed by atoms with van der Waals surface area (Å²) in [6.07, 6.45) is 0. The highest BCUT2D eigenvalue weighted by atomic mass is 19.1. The van der Waals surface area contributed by atoms with E-state index in [9.17, 15) is 9.59 Å². The first-order valence-electron chi connectivity index (χ1n) is 11.8. The normalized spacial score (nSPS) is 14.4.